The second-order valence-corrected chi connectivity index (χ2v) is 5.22. The minimum atomic E-state index is -0.384. The SMILES string of the molecule is COc1ccc(C(O)CCN2CCN(C)CC2)cc1. The van der Waals surface area contributed by atoms with Gasteiger partial charge in [0, 0.05) is 32.7 Å². The zero-order valence-electron chi connectivity index (χ0n) is 11.9. The largest absolute Gasteiger partial charge is 0.497 e. The van der Waals surface area contributed by atoms with E-state index in [2.05, 4.69) is 16.8 Å². The monoisotopic (exact) mass is 264 g/mol. The van der Waals surface area contributed by atoms with Crippen molar-refractivity contribution in [1.82, 2.24) is 9.80 Å². The Labute approximate surface area is 115 Å². The van der Waals surface area contributed by atoms with Crippen LogP contribution in [0.5, 0.6) is 5.75 Å². The number of piperazine rings is 1. The van der Waals surface area contributed by atoms with Crippen molar-refractivity contribution in [3.8, 4) is 5.75 Å². The van der Waals surface area contributed by atoms with Crippen LogP contribution < -0.4 is 4.74 Å². The van der Waals surface area contributed by atoms with Gasteiger partial charge in [0.25, 0.3) is 0 Å². The maximum absolute atomic E-state index is 10.2. The maximum atomic E-state index is 10.2. The molecule has 1 aliphatic rings. The molecule has 0 spiro atoms. The van der Waals surface area contributed by atoms with Gasteiger partial charge in [-0.25, -0.2) is 0 Å². The zero-order chi connectivity index (χ0) is 13.7. The first-order chi connectivity index (χ1) is 9.19. The number of benzene rings is 1. The van der Waals surface area contributed by atoms with Gasteiger partial charge in [0.2, 0.25) is 0 Å². The van der Waals surface area contributed by atoms with Gasteiger partial charge in [0.05, 0.1) is 13.2 Å². The van der Waals surface area contributed by atoms with E-state index in [-0.39, 0.29) is 6.10 Å². The van der Waals surface area contributed by atoms with Gasteiger partial charge < -0.3 is 19.6 Å². The Morgan fingerprint density at radius 1 is 1.16 bits per heavy atom. The lowest BCUT2D eigenvalue weighted by Crippen LogP contribution is -2.44. The van der Waals surface area contributed by atoms with Crippen LogP contribution in [0.25, 0.3) is 0 Å². The fourth-order valence-corrected chi connectivity index (χ4v) is 2.37. The van der Waals surface area contributed by atoms with Crippen LogP contribution in [-0.4, -0.2) is 61.8 Å². The molecule has 2 rings (SSSR count). The second kappa shape index (κ2) is 6.89. The van der Waals surface area contributed by atoms with E-state index in [0.29, 0.717) is 0 Å². The van der Waals surface area contributed by atoms with Crippen molar-refractivity contribution in [3.05, 3.63) is 29.8 Å². The molecule has 106 valence electrons. The van der Waals surface area contributed by atoms with Gasteiger partial charge in [-0.1, -0.05) is 12.1 Å². The van der Waals surface area contributed by atoms with E-state index in [4.69, 9.17) is 4.74 Å². The Bertz CT molecular complexity index is 372. The second-order valence-electron chi connectivity index (χ2n) is 5.22. The van der Waals surface area contributed by atoms with Crippen LogP contribution in [0.4, 0.5) is 0 Å². The molecule has 4 heteroatoms. The fraction of sp³-hybridized carbons (Fsp3) is 0.600. The van der Waals surface area contributed by atoms with Crippen LogP contribution in [-0.2, 0) is 0 Å². The first-order valence-corrected chi connectivity index (χ1v) is 6.92. The van der Waals surface area contributed by atoms with Crippen LogP contribution in [0.2, 0.25) is 0 Å². The Morgan fingerprint density at radius 3 is 2.37 bits per heavy atom. The number of rotatable bonds is 5. The summed E-state index contributed by atoms with van der Waals surface area (Å²) < 4.78 is 5.12. The van der Waals surface area contributed by atoms with Gasteiger partial charge in [-0.15, -0.1) is 0 Å². The van der Waals surface area contributed by atoms with Crippen LogP contribution in [0, 0.1) is 0 Å². The molecule has 19 heavy (non-hydrogen) atoms. The lowest BCUT2D eigenvalue weighted by Gasteiger charge is -2.32. The van der Waals surface area contributed by atoms with Gasteiger partial charge in [0.1, 0.15) is 5.75 Å². The highest BCUT2D eigenvalue weighted by Crippen LogP contribution is 2.20. The summed E-state index contributed by atoms with van der Waals surface area (Å²) in [5.74, 6) is 0.829. The standard InChI is InChI=1S/C15H24N2O2/c1-16-9-11-17(12-10-16)8-7-15(18)13-3-5-14(19-2)6-4-13/h3-6,15,18H,7-12H2,1-2H3. The highest BCUT2D eigenvalue weighted by molar-refractivity contribution is 5.28. The molecule has 0 saturated carbocycles. The van der Waals surface area contributed by atoms with Crippen molar-refractivity contribution in [1.29, 1.82) is 0 Å². The van der Waals surface area contributed by atoms with E-state index < -0.39 is 0 Å². The highest BCUT2D eigenvalue weighted by Gasteiger charge is 2.15. The van der Waals surface area contributed by atoms with Crippen molar-refractivity contribution in [3.63, 3.8) is 0 Å². The van der Waals surface area contributed by atoms with Crippen LogP contribution >= 0.6 is 0 Å². The van der Waals surface area contributed by atoms with Crippen LogP contribution in [0.15, 0.2) is 24.3 Å². The Kier molecular flexibility index (Phi) is 5.19. The topological polar surface area (TPSA) is 35.9 Å². The van der Waals surface area contributed by atoms with Gasteiger partial charge in [0.15, 0.2) is 0 Å². The summed E-state index contributed by atoms with van der Waals surface area (Å²) >= 11 is 0. The Hall–Kier alpha value is -1.10. The van der Waals surface area contributed by atoms with E-state index >= 15 is 0 Å². The van der Waals surface area contributed by atoms with Gasteiger partial charge >= 0.3 is 0 Å². The van der Waals surface area contributed by atoms with Crippen molar-refractivity contribution < 1.29 is 9.84 Å². The number of hydrogen-bond donors (Lipinski definition) is 1. The predicted molar refractivity (Wildman–Crippen MR) is 76.5 cm³/mol. The van der Waals surface area contributed by atoms with E-state index in [1.165, 1.54) is 0 Å². The number of hydrogen-bond acceptors (Lipinski definition) is 4. The summed E-state index contributed by atoms with van der Waals surface area (Å²) in [6.07, 6.45) is 0.404. The first kappa shape index (κ1) is 14.3. The molecular weight excluding hydrogens is 240 g/mol. The fourth-order valence-electron chi connectivity index (χ4n) is 2.37. The average Bonchev–Trinajstić information content (AvgIpc) is 2.46. The molecule has 1 unspecified atom stereocenters. The molecule has 0 radical (unpaired) electrons. The molecule has 1 saturated heterocycles. The van der Waals surface area contributed by atoms with Crippen molar-refractivity contribution in [2.75, 3.05) is 46.9 Å². The molecule has 0 aromatic heterocycles. The van der Waals surface area contributed by atoms with Crippen molar-refractivity contribution in [2.45, 2.75) is 12.5 Å². The van der Waals surface area contributed by atoms with Crippen molar-refractivity contribution in [2.24, 2.45) is 0 Å². The zero-order valence-corrected chi connectivity index (χ0v) is 11.9. The summed E-state index contributed by atoms with van der Waals surface area (Å²) in [6.45, 7) is 5.41. The minimum Gasteiger partial charge on any atom is -0.497 e. The highest BCUT2D eigenvalue weighted by atomic mass is 16.5. The predicted octanol–water partition coefficient (Wildman–Crippen LogP) is 1.37. The first-order valence-electron chi connectivity index (χ1n) is 6.92. The third kappa shape index (κ3) is 4.20. The molecule has 1 N–H and O–H groups in total. The van der Waals surface area contributed by atoms with Gasteiger partial charge in [-0.05, 0) is 31.2 Å². The number of nitrogens with zero attached hydrogens (tertiary/aromatic N) is 2. The number of aliphatic hydroxyl groups excluding tert-OH is 1. The summed E-state index contributed by atoms with van der Waals surface area (Å²) in [4.78, 5) is 4.77. The molecule has 1 fully saturated rings. The van der Waals surface area contributed by atoms with Gasteiger partial charge in [-0.3, -0.25) is 0 Å². The summed E-state index contributed by atoms with van der Waals surface area (Å²) in [5.41, 5.74) is 0.968. The normalized spacial score (nSPS) is 19.3. The Balaban J connectivity index is 1.78. The third-order valence-electron chi connectivity index (χ3n) is 3.82. The molecule has 1 aromatic rings. The number of methoxy groups -OCH3 is 1. The van der Waals surface area contributed by atoms with Crippen LogP contribution in [0.3, 0.4) is 0 Å². The number of likely N-dealkylation sites (N-methyl/N-ethyl adjacent to an activating group) is 1. The molecule has 0 bridgehead atoms. The molecule has 1 atom stereocenters. The molecule has 1 heterocycles. The molecule has 0 amide bonds. The Morgan fingerprint density at radius 2 is 1.79 bits per heavy atom. The summed E-state index contributed by atoms with van der Waals surface area (Å²) in [7, 11) is 3.81. The van der Waals surface area contributed by atoms with E-state index in [0.717, 1.165) is 50.5 Å². The van der Waals surface area contributed by atoms with E-state index in [1.54, 1.807) is 7.11 Å². The molecule has 4 nitrogen and oxygen atoms in total. The summed E-state index contributed by atoms with van der Waals surface area (Å²) in [6, 6.07) is 7.67. The molecule has 1 aliphatic heterocycles. The molecular formula is C15H24N2O2. The average molecular weight is 264 g/mol. The van der Waals surface area contributed by atoms with Crippen LogP contribution in [0.1, 0.15) is 18.1 Å². The number of aliphatic hydroxyl groups is 1. The minimum absolute atomic E-state index is 0.384. The smallest absolute Gasteiger partial charge is 0.118 e. The van der Waals surface area contributed by atoms with Gasteiger partial charge in [-0.2, -0.15) is 0 Å². The third-order valence-corrected chi connectivity index (χ3v) is 3.82. The number of ether oxygens (including phenoxy) is 1. The maximum Gasteiger partial charge on any atom is 0.118 e. The lowest BCUT2D eigenvalue weighted by atomic mass is 10.1. The summed E-state index contributed by atoms with van der Waals surface area (Å²) in [5, 5.41) is 10.2. The quantitative estimate of drug-likeness (QED) is 0.871. The lowest BCUT2D eigenvalue weighted by molar-refractivity contribution is 0.113. The molecule has 0 aliphatic carbocycles. The molecule has 1 aromatic carbocycles. The van der Waals surface area contributed by atoms with E-state index in [9.17, 15) is 5.11 Å². The van der Waals surface area contributed by atoms with E-state index in [1.807, 2.05) is 24.3 Å². The van der Waals surface area contributed by atoms with Crippen molar-refractivity contribution >= 4 is 0 Å².